The van der Waals surface area contributed by atoms with Gasteiger partial charge in [-0.3, -0.25) is 9.59 Å². The molecular weight excluding hydrogens is 261 g/mol. The predicted molar refractivity (Wildman–Crippen MR) is 68.7 cm³/mol. The molecule has 0 aromatic heterocycles. The van der Waals surface area contributed by atoms with E-state index in [1.165, 1.54) is 0 Å². The minimum Gasteiger partial charge on any atom is -0.349 e. The van der Waals surface area contributed by atoms with Gasteiger partial charge in [0.2, 0.25) is 5.91 Å². The van der Waals surface area contributed by atoms with E-state index < -0.39 is 0 Å². The summed E-state index contributed by atoms with van der Waals surface area (Å²) in [6.07, 6.45) is 0.949. The van der Waals surface area contributed by atoms with Crippen molar-refractivity contribution in [2.45, 2.75) is 12.8 Å². The van der Waals surface area contributed by atoms with Crippen LogP contribution in [0.25, 0.3) is 0 Å². The Bertz CT molecular complexity index is 407. The fourth-order valence-electron chi connectivity index (χ4n) is 1.26. The number of amides is 1. The SMILES string of the molecule is O=C(CCCCl)NCC(=O)c1cccc(Cl)c1. The molecular formula is C12H13Cl2NO2. The number of nitrogens with one attached hydrogen (secondary N) is 1. The quantitative estimate of drug-likeness (QED) is 0.640. The van der Waals surface area contributed by atoms with Crippen LogP contribution < -0.4 is 5.32 Å². The number of halogens is 2. The van der Waals surface area contributed by atoms with Gasteiger partial charge in [-0.2, -0.15) is 0 Å². The molecule has 1 aromatic carbocycles. The van der Waals surface area contributed by atoms with Gasteiger partial charge in [0.05, 0.1) is 6.54 Å². The molecule has 0 heterocycles. The van der Waals surface area contributed by atoms with Gasteiger partial charge in [0, 0.05) is 22.9 Å². The van der Waals surface area contributed by atoms with E-state index in [0.717, 1.165) is 0 Å². The second kappa shape index (κ2) is 7.30. The lowest BCUT2D eigenvalue weighted by Crippen LogP contribution is -2.29. The maximum absolute atomic E-state index is 11.7. The molecule has 0 atom stereocenters. The van der Waals surface area contributed by atoms with Crippen molar-refractivity contribution < 1.29 is 9.59 Å². The molecule has 1 N–H and O–H groups in total. The van der Waals surface area contributed by atoms with Gasteiger partial charge < -0.3 is 5.32 Å². The highest BCUT2D eigenvalue weighted by atomic mass is 35.5. The monoisotopic (exact) mass is 273 g/mol. The van der Waals surface area contributed by atoms with Gasteiger partial charge in [0.25, 0.3) is 0 Å². The molecule has 92 valence electrons. The summed E-state index contributed by atoms with van der Waals surface area (Å²) in [5.41, 5.74) is 0.496. The van der Waals surface area contributed by atoms with Crippen molar-refractivity contribution in [3.05, 3.63) is 34.9 Å². The van der Waals surface area contributed by atoms with E-state index in [9.17, 15) is 9.59 Å². The highest BCUT2D eigenvalue weighted by Gasteiger charge is 2.08. The van der Waals surface area contributed by atoms with Gasteiger partial charge in [-0.25, -0.2) is 0 Å². The first-order valence-electron chi connectivity index (χ1n) is 5.25. The summed E-state index contributed by atoms with van der Waals surface area (Å²) in [5, 5.41) is 3.05. The Kier molecular flexibility index (Phi) is 6.01. The standard InChI is InChI=1S/C12H13Cl2NO2/c13-6-2-5-12(17)15-8-11(16)9-3-1-4-10(14)7-9/h1,3-4,7H,2,5-6,8H2,(H,15,17). The average molecular weight is 274 g/mol. The van der Waals surface area contributed by atoms with Crippen molar-refractivity contribution >= 4 is 34.9 Å². The van der Waals surface area contributed by atoms with Crippen molar-refractivity contribution in [3.63, 3.8) is 0 Å². The van der Waals surface area contributed by atoms with Crippen LogP contribution in [0, 0.1) is 0 Å². The minimum atomic E-state index is -0.166. The Balaban J connectivity index is 2.42. The Morgan fingerprint density at radius 2 is 2.06 bits per heavy atom. The Hall–Kier alpha value is -1.06. The van der Waals surface area contributed by atoms with Crippen molar-refractivity contribution in [1.29, 1.82) is 0 Å². The lowest BCUT2D eigenvalue weighted by molar-refractivity contribution is -0.120. The molecule has 0 saturated heterocycles. The zero-order valence-corrected chi connectivity index (χ0v) is 10.7. The molecule has 5 heteroatoms. The van der Waals surface area contributed by atoms with Crippen molar-refractivity contribution in [2.75, 3.05) is 12.4 Å². The fraction of sp³-hybridized carbons (Fsp3) is 0.333. The summed E-state index contributed by atoms with van der Waals surface area (Å²) in [6.45, 7) is -0.0124. The summed E-state index contributed by atoms with van der Waals surface area (Å²) in [7, 11) is 0. The third kappa shape index (κ3) is 5.20. The summed E-state index contributed by atoms with van der Waals surface area (Å²) in [6, 6.07) is 6.64. The normalized spacial score (nSPS) is 10.0. The smallest absolute Gasteiger partial charge is 0.220 e. The van der Waals surface area contributed by atoms with E-state index >= 15 is 0 Å². The number of carbonyl (C=O) groups is 2. The molecule has 0 radical (unpaired) electrons. The van der Waals surface area contributed by atoms with Crippen LogP contribution in [0.3, 0.4) is 0 Å². The number of carbonyl (C=O) groups excluding carboxylic acids is 2. The summed E-state index contributed by atoms with van der Waals surface area (Å²) in [5.74, 6) is 0.114. The third-order valence-electron chi connectivity index (χ3n) is 2.13. The van der Waals surface area contributed by atoms with Gasteiger partial charge in [-0.05, 0) is 18.6 Å². The summed E-state index contributed by atoms with van der Waals surface area (Å²) in [4.78, 5) is 22.9. The molecule has 0 fully saturated rings. The Labute approximate surface area is 110 Å². The van der Waals surface area contributed by atoms with Gasteiger partial charge >= 0.3 is 0 Å². The number of alkyl halides is 1. The molecule has 1 aromatic rings. The Morgan fingerprint density at radius 3 is 2.71 bits per heavy atom. The molecule has 17 heavy (non-hydrogen) atoms. The largest absolute Gasteiger partial charge is 0.349 e. The zero-order valence-electron chi connectivity index (χ0n) is 9.21. The highest BCUT2D eigenvalue weighted by molar-refractivity contribution is 6.31. The molecule has 0 aliphatic rings. The van der Waals surface area contributed by atoms with E-state index in [1.807, 2.05) is 0 Å². The predicted octanol–water partition coefficient (Wildman–Crippen LogP) is 2.66. The number of rotatable bonds is 6. The number of ketones is 1. The van der Waals surface area contributed by atoms with Crippen molar-refractivity contribution in [3.8, 4) is 0 Å². The molecule has 1 amide bonds. The maximum atomic E-state index is 11.7. The van der Waals surface area contributed by atoms with Gasteiger partial charge in [-0.15, -0.1) is 11.6 Å². The second-order valence-corrected chi connectivity index (χ2v) is 4.32. The highest BCUT2D eigenvalue weighted by Crippen LogP contribution is 2.10. The fourth-order valence-corrected chi connectivity index (χ4v) is 1.58. The van der Waals surface area contributed by atoms with Crippen LogP contribution >= 0.6 is 23.2 Å². The Morgan fingerprint density at radius 1 is 1.29 bits per heavy atom. The first kappa shape index (κ1) is 14.0. The van der Waals surface area contributed by atoms with Crippen LogP contribution in [-0.2, 0) is 4.79 Å². The van der Waals surface area contributed by atoms with E-state index in [-0.39, 0.29) is 18.2 Å². The minimum absolute atomic E-state index is 0.0124. The molecule has 0 bridgehead atoms. The third-order valence-corrected chi connectivity index (χ3v) is 2.63. The van der Waals surface area contributed by atoms with Crippen LogP contribution in [0.2, 0.25) is 5.02 Å². The van der Waals surface area contributed by atoms with E-state index in [2.05, 4.69) is 5.32 Å². The van der Waals surface area contributed by atoms with E-state index in [0.29, 0.717) is 29.3 Å². The van der Waals surface area contributed by atoms with Gasteiger partial charge in [-0.1, -0.05) is 23.7 Å². The van der Waals surface area contributed by atoms with E-state index in [1.54, 1.807) is 24.3 Å². The second-order valence-electron chi connectivity index (χ2n) is 3.50. The van der Waals surface area contributed by atoms with Crippen molar-refractivity contribution in [1.82, 2.24) is 5.32 Å². The maximum Gasteiger partial charge on any atom is 0.220 e. The summed E-state index contributed by atoms with van der Waals surface area (Å²) < 4.78 is 0. The molecule has 0 aliphatic heterocycles. The molecule has 3 nitrogen and oxygen atoms in total. The van der Waals surface area contributed by atoms with Crippen LogP contribution in [-0.4, -0.2) is 24.1 Å². The van der Waals surface area contributed by atoms with Gasteiger partial charge in [0.15, 0.2) is 5.78 Å². The topological polar surface area (TPSA) is 46.2 Å². The molecule has 0 saturated carbocycles. The average Bonchev–Trinajstić information content (AvgIpc) is 2.33. The summed E-state index contributed by atoms with van der Waals surface area (Å²) >= 11 is 11.2. The molecule has 0 aliphatic carbocycles. The lowest BCUT2D eigenvalue weighted by atomic mass is 10.1. The molecule has 1 rings (SSSR count). The van der Waals surface area contributed by atoms with Gasteiger partial charge in [0.1, 0.15) is 0 Å². The lowest BCUT2D eigenvalue weighted by Gasteiger charge is -2.04. The zero-order chi connectivity index (χ0) is 12.7. The van der Waals surface area contributed by atoms with Crippen LogP contribution in [0.1, 0.15) is 23.2 Å². The molecule has 0 unspecified atom stereocenters. The first-order chi connectivity index (χ1) is 8.13. The van der Waals surface area contributed by atoms with E-state index in [4.69, 9.17) is 23.2 Å². The van der Waals surface area contributed by atoms with Crippen molar-refractivity contribution in [2.24, 2.45) is 0 Å². The molecule has 0 spiro atoms. The first-order valence-corrected chi connectivity index (χ1v) is 6.16. The number of hydrogen-bond acceptors (Lipinski definition) is 2. The number of Topliss-reactive ketones (excluding diaryl/α,β-unsaturated/α-hetero) is 1. The van der Waals surface area contributed by atoms with Crippen LogP contribution in [0.5, 0.6) is 0 Å². The number of hydrogen-bond donors (Lipinski definition) is 1. The number of benzene rings is 1. The van der Waals surface area contributed by atoms with Crippen LogP contribution in [0.15, 0.2) is 24.3 Å². The van der Waals surface area contributed by atoms with Crippen LogP contribution in [0.4, 0.5) is 0 Å².